The third-order valence-electron chi connectivity index (χ3n) is 1.06. The summed E-state index contributed by atoms with van der Waals surface area (Å²) in [6.07, 6.45) is 1.80. The first-order chi connectivity index (χ1) is 4.34. The molecule has 0 saturated carbocycles. The lowest BCUT2D eigenvalue weighted by molar-refractivity contribution is 1.59. The van der Waals surface area contributed by atoms with Crippen LogP contribution in [0.2, 0.25) is 0 Å². The van der Waals surface area contributed by atoms with Crippen molar-refractivity contribution in [2.75, 3.05) is 0 Å². The Morgan fingerprint density at radius 2 is 2.44 bits per heavy atom. The van der Waals surface area contributed by atoms with Crippen LogP contribution in [0.4, 0.5) is 0 Å². The Hall–Kier alpha value is -0.560. The van der Waals surface area contributed by atoms with Gasteiger partial charge in [0.2, 0.25) is 0 Å². The molecule has 0 amide bonds. The van der Waals surface area contributed by atoms with Gasteiger partial charge in [-0.05, 0) is 17.7 Å². The van der Waals surface area contributed by atoms with Crippen LogP contribution < -0.4 is 0 Å². The third kappa shape index (κ3) is 1.42. The Kier molecular flexibility index (Phi) is 2.06. The number of rotatable bonds is 1. The van der Waals surface area contributed by atoms with Gasteiger partial charge in [0.25, 0.3) is 0 Å². The molecule has 0 N–H and O–H groups in total. The van der Waals surface area contributed by atoms with Crippen LogP contribution in [-0.2, 0) is 0 Å². The minimum absolute atomic E-state index is 1.04. The van der Waals surface area contributed by atoms with E-state index >= 15 is 0 Å². The summed E-state index contributed by atoms with van der Waals surface area (Å²) in [4.78, 5) is 0. The molecular formula is C8H6Br. The Balaban J connectivity index is 3.15. The van der Waals surface area contributed by atoms with Gasteiger partial charge in [0.05, 0.1) is 0 Å². The molecule has 0 saturated heterocycles. The number of benzene rings is 1. The zero-order valence-electron chi connectivity index (χ0n) is 4.89. The zero-order chi connectivity index (χ0) is 6.69. The molecule has 0 heterocycles. The van der Waals surface area contributed by atoms with E-state index in [1.54, 1.807) is 6.08 Å². The fraction of sp³-hybridized carbons (Fsp3) is 0. The Morgan fingerprint density at radius 3 is 2.89 bits per heavy atom. The molecule has 0 fully saturated rings. The smallest absolute Gasteiger partial charge is 0.0253 e. The molecule has 0 atom stereocenters. The Morgan fingerprint density at radius 1 is 1.67 bits per heavy atom. The van der Waals surface area contributed by atoms with E-state index < -0.39 is 0 Å². The molecule has 1 radical (unpaired) electrons. The van der Waals surface area contributed by atoms with Crippen molar-refractivity contribution < 1.29 is 0 Å². The van der Waals surface area contributed by atoms with E-state index in [2.05, 4.69) is 28.6 Å². The molecule has 0 bridgehead atoms. The molecule has 45 valence electrons. The van der Waals surface area contributed by atoms with E-state index in [1.807, 2.05) is 18.2 Å². The normalized spacial score (nSPS) is 9.00. The summed E-state index contributed by atoms with van der Waals surface area (Å²) < 4.78 is 1.04. The first-order valence-electron chi connectivity index (χ1n) is 2.62. The fourth-order valence-corrected chi connectivity index (χ4v) is 1.01. The van der Waals surface area contributed by atoms with Crippen LogP contribution in [0.3, 0.4) is 0 Å². The molecule has 0 aliphatic heterocycles. The van der Waals surface area contributed by atoms with Crippen LogP contribution in [0.25, 0.3) is 6.08 Å². The maximum Gasteiger partial charge on any atom is 0.0253 e. The topological polar surface area (TPSA) is 0 Å². The first kappa shape index (κ1) is 6.56. The SMILES string of the molecule is C=Cc1cc[c]cc1Br. The zero-order valence-corrected chi connectivity index (χ0v) is 6.48. The second kappa shape index (κ2) is 2.83. The number of hydrogen-bond donors (Lipinski definition) is 0. The molecule has 1 heteroatoms. The average Bonchev–Trinajstić information content (AvgIpc) is 1.89. The van der Waals surface area contributed by atoms with E-state index in [0.717, 1.165) is 10.0 Å². The highest BCUT2D eigenvalue weighted by molar-refractivity contribution is 9.10. The van der Waals surface area contributed by atoms with Crippen LogP contribution in [0.1, 0.15) is 5.56 Å². The molecule has 1 rings (SSSR count). The molecule has 0 aliphatic carbocycles. The van der Waals surface area contributed by atoms with Crippen molar-refractivity contribution >= 4 is 22.0 Å². The van der Waals surface area contributed by atoms with E-state index in [1.165, 1.54) is 0 Å². The van der Waals surface area contributed by atoms with Crippen LogP contribution >= 0.6 is 15.9 Å². The Labute approximate surface area is 63.3 Å². The monoisotopic (exact) mass is 181 g/mol. The van der Waals surface area contributed by atoms with E-state index in [-0.39, 0.29) is 0 Å². The van der Waals surface area contributed by atoms with Gasteiger partial charge in [-0.2, -0.15) is 0 Å². The van der Waals surface area contributed by atoms with Gasteiger partial charge in [-0.3, -0.25) is 0 Å². The van der Waals surface area contributed by atoms with Crippen molar-refractivity contribution in [3.05, 3.63) is 40.9 Å². The fourth-order valence-electron chi connectivity index (χ4n) is 0.588. The average molecular weight is 182 g/mol. The molecule has 0 aromatic heterocycles. The summed E-state index contributed by atoms with van der Waals surface area (Å²) in [6, 6.07) is 8.63. The van der Waals surface area contributed by atoms with Crippen LogP contribution in [0, 0.1) is 6.07 Å². The lowest BCUT2D eigenvalue weighted by atomic mass is 10.2. The van der Waals surface area contributed by atoms with Gasteiger partial charge in [0, 0.05) is 4.47 Å². The van der Waals surface area contributed by atoms with Crippen molar-refractivity contribution in [1.29, 1.82) is 0 Å². The Bertz CT molecular complexity index is 216. The summed E-state index contributed by atoms with van der Waals surface area (Å²) in [5, 5.41) is 0. The van der Waals surface area contributed by atoms with Gasteiger partial charge in [-0.15, -0.1) is 0 Å². The highest BCUT2D eigenvalue weighted by Gasteiger charge is 1.89. The molecule has 0 unspecified atom stereocenters. The highest BCUT2D eigenvalue weighted by Crippen LogP contribution is 2.15. The van der Waals surface area contributed by atoms with Gasteiger partial charge in [-0.1, -0.05) is 40.7 Å². The van der Waals surface area contributed by atoms with Crippen molar-refractivity contribution in [3.8, 4) is 0 Å². The molecule has 1 aromatic rings. The van der Waals surface area contributed by atoms with Gasteiger partial charge < -0.3 is 0 Å². The second-order valence-electron chi connectivity index (χ2n) is 1.65. The van der Waals surface area contributed by atoms with Crippen molar-refractivity contribution in [2.24, 2.45) is 0 Å². The van der Waals surface area contributed by atoms with E-state index in [4.69, 9.17) is 0 Å². The quantitative estimate of drug-likeness (QED) is 0.626. The van der Waals surface area contributed by atoms with Gasteiger partial charge in [0.1, 0.15) is 0 Å². The summed E-state index contributed by atoms with van der Waals surface area (Å²) in [7, 11) is 0. The first-order valence-corrected chi connectivity index (χ1v) is 3.42. The van der Waals surface area contributed by atoms with Gasteiger partial charge in [0.15, 0.2) is 0 Å². The third-order valence-corrected chi connectivity index (χ3v) is 1.75. The summed E-state index contributed by atoms with van der Waals surface area (Å²) in [5.41, 5.74) is 1.11. The maximum absolute atomic E-state index is 3.65. The minimum atomic E-state index is 1.04. The second-order valence-corrected chi connectivity index (χ2v) is 2.51. The van der Waals surface area contributed by atoms with Crippen LogP contribution in [-0.4, -0.2) is 0 Å². The molecular weight excluding hydrogens is 176 g/mol. The maximum atomic E-state index is 3.65. The molecule has 0 nitrogen and oxygen atoms in total. The van der Waals surface area contributed by atoms with Crippen molar-refractivity contribution in [2.45, 2.75) is 0 Å². The van der Waals surface area contributed by atoms with Gasteiger partial charge in [-0.25, -0.2) is 0 Å². The molecule has 1 aromatic carbocycles. The standard InChI is InChI=1S/C8H6Br/c1-2-7-5-3-4-6-8(7)9/h2-3,5-6H,1H2. The van der Waals surface area contributed by atoms with Crippen molar-refractivity contribution in [3.63, 3.8) is 0 Å². The number of halogens is 1. The molecule has 9 heavy (non-hydrogen) atoms. The highest BCUT2D eigenvalue weighted by atomic mass is 79.9. The van der Waals surface area contributed by atoms with Crippen LogP contribution in [0.15, 0.2) is 29.3 Å². The van der Waals surface area contributed by atoms with Crippen LogP contribution in [0.5, 0.6) is 0 Å². The van der Waals surface area contributed by atoms with E-state index in [0.29, 0.717) is 0 Å². The van der Waals surface area contributed by atoms with E-state index in [9.17, 15) is 0 Å². The molecule has 0 spiro atoms. The van der Waals surface area contributed by atoms with Crippen molar-refractivity contribution in [1.82, 2.24) is 0 Å². The van der Waals surface area contributed by atoms with Gasteiger partial charge >= 0.3 is 0 Å². The largest absolute Gasteiger partial charge is 0.0984 e. The number of hydrogen-bond acceptors (Lipinski definition) is 0. The lowest BCUT2D eigenvalue weighted by Gasteiger charge is -1.92. The lowest BCUT2D eigenvalue weighted by Crippen LogP contribution is -1.70. The summed E-state index contributed by atoms with van der Waals surface area (Å²) >= 11 is 3.35. The summed E-state index contributed by atoms with van der Waals surface area (Å²) in [5.74, 6) is 0. The predicted molar refractivity (Wildman–Crippen MR) is 43.1 cm³/mol. The predicted octanol–water partition coefficient (Wildman–Crippen LogP) is 2.89. The summed E-state index contributed by atoms with van der Waals surface area (Å²) in [6.45, 7) is 3.65. The minimum Gasteiger partial charge on any atom is -0.0984 e. The molecule has 0 aliphatic rings.